The first-order valence-electron chi connectivity index (χ1n) is 5.04. The van der Waals surface area contributed by atoms with E-state index in [0.29, 0.717) is 0 Å². The van der Waals surface area contributed by atoms with Gasteiger partial charge in [0.05, 0.1) is 5.76 Å². The molecule has 1 nitrogen and oxygen atoms in total. The van der Waals surface area contributed by atoms with Crippen LogP contribution in [0.1, 0.15) is 25.7 Å². The molecule has 0 fully saturated rings. The molecule has 0 aromatic heterocycles. The summed E-state index contributed by atoms with van der Waals surface area (Å²) in [7, 11) is -1.39. The van der Waals surface area contributed by atoms with Gasteiger partial charge >= 0.3 is 0 Å². The van der Waals surface area contributed by atoms with Crippen molar-refractivity contribution in [3.63, 3.8) is 0 Å². The quantitative estimate of drug-likeness (QED) is 0.490. The lowest BCUT2D eigenvalue weighted by molar-refractivity contribution is 0.403. The molecule has 0 spiro atoms. The standard InChI is InChI=1S/C11H20OSi/c1-5-7-10-8-6-9-11(10)12-13(2,3)4/h5H,1,6-9H2,2-4H3. The first-order chi connectivity index (χ1) is 6.03. The van der Waals surface area contributed by atoms with Crippen molar-refractivity contribution in [2.75, 3.05) is 0 Å². The molecule has 0 aromatic rings. The summed E-state index contributed by atoms with van der Waals surface area (Å²) in [5.74, 6) is 1.28. The summed E-state index contributed by atoms with van der Waals surface area (Å²) in [6.45, 7) is 10.5. The zero-order valence-electron chi connectivity index (χ0n) is 9.02. The molecule has 1 rings (SSSR count). The summed E-state index contributed by atoms with van der Waals surface area (Å²) in [6, 6.07) is 0. The van der Waals surface area contributed by atoms with E-state index in [9.17, 15) is 0 Å². The van der Waals surface area contributed by atoms with E-state index in [0.717, 1.165) is 12.8 Å². The van der Waals surface area contributed by atoms with Gasteiger partial charge in [-0.3, -0.25) is 0 Å². The van der Waals surface area contributed by atoms with Crippen LogP contribution in [0.2, 0.25) is 19.6 Å². The molecule has 0 N–H and O–H groups in total. The summed E-state index contributed by atoms with van der Waals surface area (Å²) >= 11 is 0. The van der Waals surface area contributed by atoms with Crippen LogP contribution in [-0.2, 0) is 4.43 Å². The van der Waals surface area contributed by atoms with Crippen molar-refractivity contribution in [3.8, 4) is 0 Å². The average molecular weight is 196 g/mol. The number of allylic oxidation sites excluding steroid dienone is 3. The van der Waals surface area contributed by atoms with Crippen LogP contribution in [0.5, 0.6) is 0 Å². The molecule has 0 saturated heterocycles. The molecule has 0 amide bonds. The van der Waals surface area contributed by atoms with Gasteiger partial charge in [0.25, 0.3) is 0 Å². The molecule has 0 aromatic carbocycles. The maximum absolute atomic E-state index is 6.03. The largest absolute Gasteiger partial charge is 0.547 e. The second-order valence-electron chi connectivity index (χ2n) is 4.59. The van der Waals surface area contributed by atoms with E-state index in [2.05, 4.69) is 26.2 Å². The SMILES string of the molecule is C=CCC1=C(O[Si](C)(C)C)CCC1. The first kappa shape index (κ1) is 10.6. The predicted molar refractivity (Wildman–Crippen MR) is 60.1 cm³/mol. The van der Waals surface area contributed by atoms with Crippen LogP contribution < -0.4 is 0 Å². The van der Waals surface area contributed by atoms with Crippen LogP contribution in [-0.4, -0.2) is 8.32 Å². The minimum Gasteiger partial charge on any atom is -0.547 e. The van der Waals surface area contributed by atoms with E-state index in [1.807, 2.05) is 6.08 Å². The second kappa shape index (κ2) is 4.14. The zero-order chi connectivity index (χ0) is 9.90. The van der Waals surface area contributed by atoms with Gasteiger partial charge in [-0.25, -0.2) is 0 Å². The average Bonchev–Trinajstić information content (AvgIpc) is 2.34. The van der Waals surface area contributed by atoms with Crippen molar-refractivity contribution < 1.29 is 4.43 Å². The Labute approximate surface area is 82.6 Å². The van der Waals surface area contributed by atoms with Crippen molar-refractivity contribution in [2.45, 2.75) is 45.3 Å². The van der Waals surface area contributed by atoms with Crippen LogP contribution in [0.15, 0.2) is 24.0 Å². The van der Waals surface area contributed by atoms with Gasteiger partial charge in [-0.2, -0.15) is 0 Å². The van der Waals surface area contributed by atoms with E-state index in [1.165, 1.54) is 24.2 Å². The molecule has 0 saturated carbocycles. The molecule has 1 aliphatic rings. The molecular formula is C11H20OSi. The Morgan fingerprint density at radius 1 is 1.38 bits per heavy atom. The molecule has 2 heteroatoms. The summed E-state index contributed by atoms with van der Waals surface area (Å²) in [4.78, 5) is 0. The topological polar surface area (TPSA) is 9.23 Å². The van der Waals surface area contributed by atoms with Gasteiger partial charge in [-0.05, 0) is 44.5 Å². The molecule has 74 valence electrons. The van der Waals surface area contributed by atoms with Crippen molar-refractivity contribution >= 4 is 8.32 Å². The summed E-state index contributed by atoms with van der Waals surface area (Å²) in [5.41, 5.74) is 1.48. The van der Waals surface area contributed by atoms with Crippen LogP contribution in [0, 0.1) is 0 Å². The van der Waals surface area contributed by atoms with E-state index < -0.39 is 8.32 Å². The molecule has 1 aliphatic carbocycles. The van der Waals surface area contributed by atoms with Crippen LogP contribution in [0.25, 0.3) is 0 Å². The monoisotopic (exact) mass is 196 g/mol. The Bertz CT molecular complexity index is 223. The highest BCUT2D eigenvalue weighted by atomic mass is 28.4. The summed E-state index contributed by atoms with van der Waals surface area (Å²) in [5, 5.41) is 0. The third kappa shape index (κ3) is 3.39. The highest BCUT2D eigenvalue weighted by Crippen LogP contribution is 2.31. The fourth-order valence-corrected chi connectivity index (χ4v) is 2.65. The smallest absolute Gasteiger partial charge is 0.241 e. The fraction of sp³-hybridized carbons (Fsp3) is 0.636. The van der Waals surface area contributed by atoms with E-state index in [4.69, 9.17) is 4.43 Å². The van der Waals surface area contributed by atoms with Gasteiger partial charge in [-0.15, -0.1) is 6.58 Å². The van der Waals surface area contributed by atoms with Gasteiger partial charge in [0.1, 0.15) is 0 Å². The third-order valence-corrected chi connectivity index (χ3v) is 2.96. The van der Waals surface area contributed by atoms with Crippen molar-refractivity contribution in [2.24, 2.45) is 0 Å². The highest BCUT2D eigenvalue weighted by molar-refractivity contribution is 6.70. The van der Waals surface area contributed by atoms with Gasteiger partial charge in [0, 0.05) is 6.42 Å². The Hall–Kier alpha value is -0.503. The van der Waals surface area contributed by atoms with Crippen LogP contribution >= 0.6 is 0 Å². The molecule has 0 unspecified atom stereocenters. The molecule has 0 atom stereocenters. The van der Waals surface area contributed by atoms with Gasteiger partial charge in [-0.1, -0.05) is 6.08 Å². The maximum Gasteiger partial charge on any atom is 0.241 e. The van der Waals surface area contributed by atoms with Crippen LogP contribution in [0.3, 0.4) is 0 Å². The number of rotatable bonds is 4. The Kier molecular flexibility index (Phi) is 3.37. The highest BCUT2D eigenvalue weighted by Gasteiger charge is 2.22. The van der Waals surface area contributed by atoms with Crippen LogP contribution in [0.4, 0.5) is 0 Å². The lowest BCUT2D eigenvalue weighted by atomic mass is 10.2. The number of hydrogen-bond acceptors (Lipinski definition) is 1. The van der Waals surface area contributed by atoms with Gasteiger partial charge < -0.3 is 4.43 Å². The normalized spacial score (nSPS) is 17.8. The van der Waals surface area contributed by atoms with Gasteiger partial charge in [0.2, 0.25) is 8.32 Å². The first-order valence-corrected chi connectivity index (χ1v) is 8.44. The number of hydrogen-bond donors (Lipinski definition) is 0. The van der Waals surface area contributed by atoms with Crippen molar-refractivity contribution in [1.82, 2.24) is 0 Å². The Morgan fingerprint density at radius 2 is 2.08 bits per heavy atom. The van der Waals surface area contributed by atoms with E-state index in [1.54, 1.807) is 0 Å². The molecular weight excluding hydrogens is 176 g/mol. The minimum absolute atomic E-state index is 1.01. The van der Waals surface area contributed by atoms with Crippen molar-refractivity contribution in [3.05, 3.63) is 24.0 Å². The van der Waals surface area contributed by atoms with Gasteiger partial charge in [0.15, 0.2) is 0 Å². The molecule has 0 bridgehead atoms. The molecule has 13 heavy (non-hydrogen) atoms. The lowest BCUT2D eigenvalue weighted by Gasteiger charge is -2.21. The van der Waals surface area contributed by atoms with E-state index >= 15 is 0 Å². The minimum atomic E-state index is -1.39. The Balaban J connectivity index is 2.64. The molecule has 0 heterocycles. The zero-order valence-corrected chi connectivity index (χ0v) is 10.0. The fourth-order valence-electron chi connectivity index (χ4n) is 1.66. The second-order valence-corrected chi connectivity index (χ2v) is 9.02. The molecule has 0 aliphatic heterocycles. The Morgan fingerprint density at radius 3 is 2.62 bits per heavy atom. The van der Waals surface area contributed by atoms with Crippen molar-refractivity contribution in [1.29, 1.82) is 0 Å². The maximum atomic E-state index is 6.03. The van der Waals surface area contributed by atoms with E-state index in [-0.39, 0.29) is 0 Å². The summed E-state index contributed by atoms with van der Waals surface area (Å²) in [6.07, 6.45) is 6.62. The molecule has 0 radical (unpaired) electrons. The predicted octanol–water partition coefficient (Wildman–Crippen LogP) is 3.85. The third-order valence-electron chi connectivity index (χ3n) is 2.10. The summed E-state index contributed by atoms with van der Waals surface area (Å²) < 4.78 is 6.03. The lowest BCUT2D eigenvalue weighted by Crippen LogP contribution is -2.24.